The van der Waals surface area contributed by atoms with Crippen molar-refractivity contribution in [2.45, 2.75) is 40.4 Å². The summed E-state index contributed by atoms with van der Waals surface area (Å²) in [6.45, 7) is 14.3. The highest BCUT2D eigenvalue weighted by Crippen LogP contribution is 2.50. The second-order valence-electron chi connectivity index (χ2n) is 23.0. The van der Waals surface area contributed by atoms with Crippen LogP contribution in [-0.4, -0.2) is 21.5 Å². The number of benzene rings is 12. The highest BCUT2D eigenvalue weighted by atomic mass is 28.3. The second-order valence-corrected chi connectivity index (χ2v) is 28.0. The van der Waals surface area contributed by atoms with Crippen molar-refractivity contribution in [3.8, 4) is 45.3 Å². The number of hydrogen-bond donors (Lipinski definition) is 0. The van der Waals surface area contributed by atoms with Crippen LogP contribution in [0.1, 0.15) is 16.7 Å². The Bertz CT molecular complexity index is 4400. The maximum atomic E-state index is 7.51. The van der Waals surface area contributed by atoms with Crippen LogP contribution in [0.4, 0.5) is 34.1 Å². The molecular weight excluding hydrogens is 950 g/mol. The topological polar surface area (TPSA) is 24.9 Å². The van der Waals surface area contributed by atoms with Gasteiger partial charge < -0.3 is 19.3 Å². The Morgan fingerprint density at radius 2 is 0.792 bits per heavy atom. The zero-order valence-corrected chi connectivity index (χ0v) is 45.0. The van der Waals surface area contributed by atoms with Crippen LogP contribution in [0, 0.1) is 20.8 Å². The Labute approximate surface area is 451 Å². The van der Waals surface area contributed by atoms with E-state index in [4.69, 9.17) is 9.47 Å². The first kappa shape index (κ1) is 44.5. The number of rotatable bonds is 7. The number of fused-ring (bicyclic) bond motifs is 8. The second kappa shape index (κ2) is 16.1. The molecule has 364 valence electrons. The van der Waals surface area contributed by atoms with Crippen LogP contribution >= 0.6 is 0 Å². The van der Waals surface area contributed by atoms with Gasteiger partial charge >= 0.3 is 0 Å². The van der Waals surface area contributed by atoms with E-state index in [-0.39, 0.29) is 13.4 Å². The summed E-state index contributed by atoms with van der Waals surface area (Å²) in [4.78, 5) is 4.73. The van der Waals surface area contributed by atoms with Gasteiger partial charge in [0.05, 0.1) is 13.8 Å². The normalized spacial score (nSPS) is 13.2. The van der Waals surface area contributed by atoms with Crippen molar-refractivity contribution in [2.24, 2.45) is 0 Å². The van der Waals surface area contributed by atoms with E-state index in [0.717, 1.165) is 57.1 Å². The molecule has 0 aliphatic carbocycles. The number of nitrogens with zero attached hydrogens (tertiary/aromatic N) is 2. The van der Waals surface area contributed by atoms with Crippen LogP contribution in [-0.2, 0) is 0 Å². The summed E-state index contributed by atoms with van der Waals surface area (Å²) in [6, 6.07) is 76.6. The molecule has 0 saturated carbocycles. The predicted molar refractivity (Wildman–Crippen MR) is 330 cm³/mol. The summed E-state index contributed by atoms with van der Waals surface area (Å²) in [7, 11) is -2.04. The fraction of sp³-hybridized carbons (Fsp3) is 0.0857. The van der Waals surface area contributed by atoms with Gasteiger partial charge in [-0.2, -0.15) is 0 Å². The minimum atomic E-state index is -2.04. The lowest BCUT2D eigenvalue weighted by Gasteiger charge is -2.39. The summed E-state index contributed by atoms with van der Waals surface area (Å²) in [5, 5.41) is 9.74. The number of aryl methyl sites for hydroxylation is 3. The third-order valence-corrected chi connectivity index (χ3v) is 19.2. The van der Waals surface area contributed by atoms with Gasteiger partial charge in [0.1, 0.15) is 23.0 Å². The standard InChI is InChI=1S/C70H52B2N2O2Si/c1-41-27-29-56-60(32-41)75-62-33-42(2)31-53-52-40-64(77(4,5)6)55-39-59-65-51(34-43(3)50-38-58(71(56)69(53)62)66(52)68(55)67(50)65)54-35-49(74(46-23-15-9-16-24-46)47-25-17-10-18-26-47)37-63-70(54)72(59)57-30-28-48(36-61(57)76-63)73(44-19-11-7-12-20-44)45-21-13-8-14-22-45/h7-40H,1-6H3. The van der Waals surface area contributed by atoms with Crippen LogP contribution in [0.3, 0.4) is 0 Å². The van der Waals surface area contributed by atoms with E-state index in [1.807, 2.05) is 0 Å². The van der Waals surface area contributed by atoms with Gasteiger partial charge in [0.2, 0.25) is 0 Å². The molecule has 0 unspecified atom stereocenters. The van der Waals surface area contributed by atoms with E-state index in [1.165, 1.54) is 109 Å². The highest BCUT2D eigenvalue weighted by molar-refractivity contribution is 7.02. The fourth-order valence-corrected chi connectivity index (χ4v) is 15.6. The molecule has 0 fully saturated rings. The molecule has 16 rings (SSSR count). The van der Waals surface area contributed by atoms with E-state index in [1.54, 1.807) is 0 Å². The molecule has 0 N–H and O–H groups in total. The zero-order valence-electron chi connectivity index (χ0n) is 44.0. The fourth-order valence-electron chi connectivity index (χ4n) is 14.0. The van der Waals surface area contributed by atoms with Crippen molar-refractivity contribution in [2.75, 3.05) is 9.80 Å². The molecule has 0 radical (unpaired) electrons. The van der Waals surface area contributed by atoms with Gasteiger partial charge in [-0.3, -0.25) is 0 Å². The average Bonchev–Trinajstić information content (AvgIpc) is 3.09. The van der Waals surface area contributed by atoms with E-state index in [9.17, 15) is 0 Å². The van der Waals surface area contributed by atoms with E-state index in [2.05, 4.69) is 256 Å². The van der Waals surface area contributed by atoms with E-state index < -0.39 is 8.07 Å². The van der Waals surface area contributed by atoms with Gasteiger partial charge in [0.15, 0.2) is 0 Å². The first-order valence-corrected chi connectivity index (χ1v) is 30.6. The van der Waals surface area contributed by atoms with Crippen molar-refractivity contribution in [3.63, 3.8) is 0 Å². The SMILES string of the molecule is Cc1ccc2c(c1)Oc1cc(C)cc3c1B2c1cc2c(C)cc4c5c(cc6c([Si](C)(C)C)cc-3c1c6c25)B1c2ccc(N(c3ccccc3)c3ccccc3)cc2Oc2cc(N(c3ccccc3)c3ccccc3)cc-4c21. The molecule has 0 amide bonds. The summed E-state index contributed by atoms with van der Waals surface area (Å²) >= 11 is 0. The molecule has 77 heavy (non-hydrogen) atoms. The van der Waals surface area contributed by atoms with Crippen molar-refractivity contribution < 1.29 is 9.47 Å². The lowest BCUT2D eigenvalue weighted by atomic mass is 9.32. The summed E-state index contributed by atoms with van der Waals surface area (Å²) in [5.41, 5.74) is 22.9. The number of anilines is 6. The highest BCUT2D eigenvalue weighted by Gasteiger charge is 2.45. The quantitative estimate of drug-likeness (QED) is 0.117. The molecule has 7 heteroatoms. The molecule has 4 aliphatic rings. The van der Waals surface area contributed by atoms with Crippen LogP contribution < -0.4 is 57.2 Å². The van der Waals surface area contributed by atoms with E-state index in [0.29, 0.717) is 0 Å². The van der Waals surface area contributed by atoms with Crippen LogP contribution in [0.25, 0.3) is 54.6 Å². The van der Waals surface area contributed by atoms with E-state index >= 15 is 0 Å². The third-order valence-electron chi connectivity index (χ3n) is 17.2. The molecule has 0 aromatic heterocycles. The lowest BCUT2D eigenvalue weighted by molar-refractivity contribution is 0.487. The molecule has 0 spiro atoms. The number of hydrogen-bond acceptors (Lipinski definition) is 4. The van der Waals surface area contributed by atoms with Gasteiger partial charge in [0.25, 0.3) is 13.4 Å². The Kier molecular flexibility index (Phi) is 9.32. The maximum absolute atomic E-state index is 7.51. The lowest BCUT2D eigenvalue weighted by Crippen LogP contribution is -2.58. The van der Waals surface area contributed by atoms with Crippen molar-refractivity contribution >= 4 is 126 Å². The number of ether oxygens (including phenoxy) is 2. The van der Waals surface area contributed by atoms with Gasteiger partial charge in [-0.25, -0.2) is 0 Å². The van der Waals surface area contributed by atoms with Crippen molar-refractivity contribution in [3.05, 3.63) is 223 Å². The largest absolute Gasteiger partial charge is 0.458 e. The summed E-state index contributed by atoms with van der Waals surface area (Å²) in [6.07, 6.45) is 0. The molecule has 0 saturated heterocycles. The summed E-state index contributed by atoms with van der Waals surface area (Å²) < 4.78 is 14.5. The summed E-state index contributed by atoms with van der Waals surface area (Å²) in [5.74, 6) is 3.71. The zero-order chi connectivity index (χ0) is 51.6. The molecule has 12 aromatic carbocycles. The first-order valence-electron chi connectivity index (χ1n) is 27.1. The molecule has 0 bridgehead atoms. The molecular formula is C70H52B2N2O2Si. The van der Waals surface area contributed by atoms with Gasteiger partial charge in [-0.1, -0.05) is 157 Å². The monoisotopic (exact) mass is 1000 g/mol. The smallest absolute Gasteiger partial charge is 0.252 e. The van der Waals surface area contributed by atoms with Gasteiger partial charge in [-0.15, -0.1) is 0 Å². The van der Waals surface area contributed by atoms with Crippen LogP contribution in [0.2, 0.25) is 19.6 Å². The minimum absolute atomic E-state index is 0.0314. The Balaban J connectivity index is 1.04. The van der Waals surface area contributed by atoms with Gasteiger partial charge in [-0.05, 0) is 187 Å². The molecule has 12 aromatic rings. The Morgan fingerprint density at radius 1 is 0.338 bits per heavy atom. The van der Waals surface area contributed by atoms with Crippen molar-refractivity contribution in [1.82, 2.24) is 0 Å². The van der Waals surface area contributed by atoms with Gasteiger partial charge in [0, 0.05) is 40.6 Å². The van der Waals surface area contributed by atoms with Crippen LogP contribution in [0.15, 0.2) is 206 Å². The van der Waals surface area contributed by atoms with Crippen LogP contribution in [0.5, 0.6) is 23.0 Å². The van der Waals surface area contributed by atoms with Crippen molar-refractivity contribution in [1.29, 1.82) is 0 Å². The maximum Gasteiger partial charge on any atom is 0.252 e. The predicted octanol–water partition coefficient (Wildman–Crippen LogP) is 14.2. The molecule has 4 nitrogen and oxygen atoms in total. The average molecular weight is 1000 g/mol. The molecule has 4 aliphatic heterocycles. The minimum Gasteiger partial charge on any atom is -0.458 e. The number of para-hydroxylation sites is 4. The Morgan fingerprint density at radius 3 is 1.36 bits per heavy atom. The molecule has 0 atom stereocenters. The first-order chi connectivity index (χ1) is 37.6. The molecule has 4 heterocycles. The Hall–Kier alpha value is -8.77. The third kappa shape index (κ3) is 6.41.